The Morgan fingerprint density at radius 3 is 2.11 bits per heavy atom. The lowest BCUT2D eigenvalue weighted by molar-refractivity contribution is -0.385. The summed E-state index contributed by atoms with van der Waals surface area (Å²) in [6.45, 7) is 3.21. The lowest BCUT2D eigenvalue weighted by Gasteiger charge is -2.01. The molecular weight excluding hydrogens is 368 g/mol. The maximum atomic E-state index is 11.4. The molecular formula is C18H14N4O6. The summed E-state index contributed by atoms with van der Waals surface area (Å²) in [6, 6.07) is 7.72. The van der Waals surface area contributed by atoms with E-state index >= 15 is 0 Å². The Bertz CT molecular complexity index is 1160. The van der Waals surface area contributed by atoms with Crippen molar-refractivity contribution in [1.82, 2.24) is 4.98 Å². The number of nitro groups is 2. The van der Waals surface area contributed by atoms with Gasteiger partial charge in [-0.05, 0) is 32.0 Å². The van der Waals surface area contributed by atoms with E-state index in [4.69, 9.17) is 0 Å². The minimum atomic E-state index is -0.742. The molecule has 0 saturated heterocycles. The van der Waals surface area contributed by atoms with Crippen LogP contribution in [0.15, 0.2) is 36.5 Å². The molecule has 0 fully saturated rings. The molecule has 0 atom stereocenters. The van der Waals surface area contributed by atoms with Gasteiger partial charge in [-0.1, -0.05) is 0 Å². The number of aryl methyl sites for hydroxylation is 1. The van der Waals surface area contributed by atoms with E-state index in [1.54, 1.807) is 19.2 Å². The average Bonchev–Trinajstić information content (AvgIpc) is 3.21. The first kappa shape index (κ1) is 18.7. The van der Waals surface area contributed by atoms with E-state index in [1.807, 2.05) is 6.07 Å². The Hall–Kier alpha value is -4.08. The minimum absolute atomic E-state index is 0.106. The number of fused-ring (bicyclic) bond motifs is 2. The Labute approximate surface area is 157 Å². The molecule has 2 N–H and O–H groups in total. The third-order valence-electron chi connectivity index (χ3n) is 4.49. The van der Waals surface area contributed by atoms with Crippen LogP contribution in [-0.2, 0) is 4.79 Å². The second kappa shape index (κ2) is 6.91. The number of carbonyl (C=O) groups excluding carboxylic acids is 2. The van der Waals surface area contributed by atoms with Gasteiger partial charge in [0, 0.05) is 40.4 Å². The average molecular weight is 382 g/mol. The molecule has 0 bridgehead atoms. The zero-order valence-corrected chi connectivity index (χ0v) is 14.8. The van der Waals surface area contributed by atoms with E-state index in [1.165, 1.54) is 25.1 Å². The van der Waals surface area contributed by atoms with Gasteiger partial charge < -0.3 is 10.3 Å². The van der Waals surface area contributed by atoms with Crippen molar-refractivity contribution in [1.29, 1.82) is 0 Å². The summed E-state index contributed by atoms with van der Waals surface area (Å²) in [5.41, 5.74) is 2.33. The molecule has 1 aliphatic rings. The van der Waals surface area contributed by atoms with Crippen LogP contribution in [0.2, 0.25) is 0 Å². The van der Waals surface area contributed by atoms with E-state index in [0.29, 0.717) is 11.3 Å². The molecule has 1 aliphatic heterocycles. The molecule has 10 nitrogen and oxygen atoms in total. The second-order valence-electron chi connectivity index (χ2n) is 6.08. The highest BCUT2D eigenvalue weighted by Crippen LogP contribution is 2.32. The zero-order chi connectivity index (χ0) is 20.6. The lowest BCUT2D eigenvalue weighted by atomic mass is 10.0. The number of hydrogen-bond donors (Lipinski definition) is 2. The second-order valence-corrected chi connectivity index (χ2v) is 6.08. The molecule has 1 amide bonds. The van der Waals surface area contributed by atoms with Gasteiger partial charge in [-0.2, -0.15) is 0 Å². The number of ketones is 1. The number of amides is 1. The third-order valence-corrected chi connectivity index (χ3v) is 4.49. The summed E-state index contributed by atoms with van der Waals surface area (Å²) in [5.74, 6) is -1.46. The van der Waals surface area contributed by atoms with Crippen LogP contribution in [0, 0.1) is 34.1 Å². The van der Waals surface area contributed by atoms with Crippen molar-refractivity contribution >= 4 is 39.7 Å². The Balaban J connectivity index is 0.000000162. The van der Waals surface area contributed by atoms with E-state index < -0.39 is 16.6 Å². The fraction of sp³-hybridized carbons (Fsp3) is 0.111. The van der Waals surface area contributed by atoms with Crippen molar-refractivity contribution in [3.8, 4) is 0 Å². The normalized spacial score (nSPS) is 12.2. The molecule has 0 aliphatic carbocycles. The van der Waals surface area contributed by atoms with Crippen molar-refractivity contribution in [2.45, 2.75) is 13.8 Å². The van der Waals surface area contributed by atoms with Gasteiger partial charge in [0.1, 0.15) is 0 Å². The van der Waals surface area contributed by atoms with Gasteiger partial charge >= 0.3 is 0 Å². The van der Waals surface area contributed by atoms with Crippen LogP contribution in [-0.4, -0.2) is 26.5 Å². The summed E-state index contributed by atoms with van der Waals surface area (Å²) < 4.78 is 0. The number of carbonyl (C=O) groups is 2. The van der Waals surface area contributed by atoms with Crippen molar-refractivity contribution < 1.29 is 19.4 Å². The largest absolute Gasteiger partial charge is 0.361 e. The Morgan fingerprint density at radius 2 is 1.46 bits per heavy atom. The molecule has 28 heavy (non-hydrogen) atoms. The van der Waals surface area contributed by atoms with Crippen molar-refractivity contribution in [2.75, 3.05) is 5.32 Å². The highest BCUT2D eigenvalue weighted by Gasteiger charge is 2.32. The summed E-state index contributed by atoms with van der Waals surface area (Å²) in [7, 11) is 0. The van der Waals surface area contributed by atoms with Crippen molar-refractivity contribution in [3.63, 3.8) is 0 Å². The SMILES string of the molecule is Cc1c([N+](=O)[O-])ccc2[nH]ccc12.Cc1c([N+](=O)[O-])ccc2c1C(=O)C(=O)N2. The van der Waals surface area contributed by atoms with Crippen LogP contribution in [0.1, 0.15) is 21.5 Å². The van der Waals surface area contributed by atoms with Gasteiger partial charge in [0.15, 0.2) is 0 Å². The first-order chi connectivity index (χ1) is 13.2. The quantitative estimate of drug-likeness (QED) is 0.394. The van der Waals surface area contributed by atoms with Gasteiger partial charge in [-0.25, -0.2) is 0 Å². The maximum absolute atomic E-state index is 11.4. The van der Waals surface area contributed by atoms with E-state index in [0.717, 1.165) is 10.9 Å². The van der Waals surface area contributed by atoms with Crippen molar-refractivity contribution in [2.24, 2.45) is 0 Å². The molecule has 3 aromatic rings. The predicted molar refractivity (Wildman–Crippen MR) is 100 cm³/mol. The number of aromatic nitrogens is 1. The molecule has 4 rings (SSSR count). The van der Waals surface area contributed by atoms with E-state index in [9.17, 15) is 29.8 Å². The van der Waals surface area contributed by atoms with Crippen LogP contribution >= 0.6 is 0 Å². The van der Waals surface area contributed by atoms with Gasteiger partial charge in [0.05, 0.1) is 21.1 Å². The zero-order valence-electron chi connectivity index (χ0n) is 14.8. The number of aromatic amines is 1. The number of H-pyrrole nitrogens is 1. The number of rotatable bonds is 2. The summed E-state index contributed by atoms with van der Waals surface area (Å²) in [6.07, 6.45) is 1.78. The fourth-order valence-corrected chi connectivity index (χ4v) is 3.06. The molecule has 0 unspecified atom stereocenters. The van der Waals surface area contributed by atoms with Crippen molar-refractivity contribution in [3.05, 3.63) is 73.4 Å². The topological polar surface area (TPSA) is 148 Å². The standard InChI is InChI=1S/C9H6N2O4.C9H8N2O2/c1-4-6(11(14)15)3-2-5-7(4)8(12)9(13)10-5;1-6-7-4-5-10-8(7)2-3-9(6)11(12)13/h2-3H,1H3,(H,10,12,13);2-5,10H,1H3. The third kappa shape index (κ3) is 3.07. The van der Waals surface area contributed by atoms with E-state index in [-0.39, 0.29) is 27.4 Å². The number of hydrogen-bond acceptors (Lipinski definition) is 6. The number of benzene rings is 2. The van der Waals surface area contributed by atoms with Crippen LogP contribution in [0.25, 0.3) is 10.9 Å². The number of Topliss-reactive ketones (excluding diaryl/α,β-unsaturated/α-hetero) is 1. The predicted octanol–water partition coefficient (Wildman–Crippen LogP) is 3.42. The molecule has 2 heterocycles. The summed E-state index contributed by atoms with van der Waals surface area (Å²) in [5, 5.41) is 24.4. The molecule has 142 valence electrons. The molecule has 0 spiro atoms. The Morgan fingerprint density at radius 1 is 0.857 bits per heavy atom. The number of nitrogens with zero attached hydrogens (tertiary/aromatic N) is 2. The Kier molecular flexibility index (Phi) is 4.62. The molecule has 2 aromatic carbocycles. The fourth-order valence-electron chi connectivity index (χ4n) is 3.06. The molecule has 0 saturated carbocycles. The highest BCUT2D eigenvalue weighted by atomic mass is 16.6. The van der Waals surface area contributed by atoms with Crippen LogP contribution in [0.5, 0.6) is 0 Å². The minimum Gasteiger partial charge on any atom is -0.361 e. The van der Waals surface area contributed by atoms with Crippen LogP contribution < -0.4 is 5.32 Å². The van der Waals surface area contributed by atoms with Gasteiger partial charge in [0.2, 0.25) is 0 Å². The monoisotopic (exact) mass is 382 g/mol. The van der Waals surface area contributed by atoms with Crippen LogP contribution in [0.3, 0.4) is 0 Å². The number of anilines is 1. The lowest BCUT2D eigenvalue weighted by Crippen LogP contribution is -2.13. The molecule has 0 radical (unpaired) electrons. The molecule has 10 heteroatoms. The maximum Gasteiger partial charge on any atom is 0.296 e. The number of nitrogens with one attached hydrogen (secondary N) is 2. The summed E-state index contributed by atoms with van der Waals surface area (Å²) in [4.78, 5) is 45.6. The first-order valence-corrected chi connectivity index (χ1v) is 8.07. The van der Waals surface area contributed by atoms with Gasteiger partial charge in [-0.3, -0.25) is 29.8 Å². The first-order valence-electron chi connectivity index (χ1n) is 8.07. The van der Waals surface area contributed by atoms with Crippen LogP contribution in [0.4, 0.5) is 17.1 Å². The highest BCUT2D eigenvalue weighted by molar-refractivity contribution is 6.52. The van der Waals surface area contributed by atoms with Gasteiger partial charge in [-0.15, -0.1) is 0 Å². The summed E-state index contributed by atoms with van der Waals surface area (Å²) >= 11 is 0. The van der Waals surface area contributed by atoms with Gasteiger partial charge in [0.25, 0.3) is 23.1 Å². The number of nitro benzene ring substituents is 2. The van der Waals surface area contributed by atoms with E-state index in [2.05, 4.69) is 10.3 Å². The smallest absolute Gasteiger partial charge is 0.296 e. The molecule has 1 aromatic heterocycles.